The lowest BCUT2D eigenvalue weighted by Gasteiger charge is -2.44. The average molecular weight is 291 g/mol. The molecule has 3 aliphatic heterocycles. The van der Waals surface area contributed by atoms with E-state index >= 15 is 0 Å². The number of rotatable bonds is 1. The van der Waals surface area contributed by atoms with E-state index in [0.29, 0.717) is 12.5 Å². The van der Waals surface area contributed by atoms with Gasteiger partial charge in [-0.2, -0.15) is 0 Å². The molecule has 2 saturated heterocycles. The molecule has 0 saturated carbocycles. The molecule has 3 heterocycles. The van der Waals surface area contributed by atoms with Crippen molar-refractivity contribution in [3.63, 3.8) is 0 Å². The number of aliphatic hydroxyl groups excluding tert-OH is 1. The number of ether oxygens (including phenoxy) is 4. The van der Waals surface area contributed by atoms with Crippen molar-refractivity contribution in [1.82, 2.24) is 0 Å². The van der Waals surface area contributed by atoms with E-state index in [1.165, 1.54) is 0 Å². The zero-order chi connectivity index (χ0) is 14.4. The molecule has 6 heteroatoms. The second-order valence-corrected chi connectivity index (χ2v) is 5.47. The lowest BCUT2D eigenvalue weighted by atomic mass is 9.96. The third-order valence-electron chi connectivity index (χ3n) is 4.02. The summed E-state index contributed by atoms with van der Waals surface area (Å²) in [5.74, 6) is 0.531. The van der Waals surface area contributed by atoms with E-state index in [1.54, 1.807) is 6.92 Å². The summed E-state index contributed by atoms with van der Waals surface area (Å²) >= 11 is 0. The minimum Gasteiger partial charge on any atom is -0.450 e. The third kappa shape index (κ3) is 2.24. The highest BCUT2D eigenvalue weighted by Crippen LogP contribution is 2.36. The molecule has 21 heavy (non-hydrogen) atoms. The van der Waals surface area contributed by atoms with Crippen LogP contribution in [0.2, 0.25) is 0 Å². The largest absolute Gasteiger partial charge is 0.450 e. The van der Waals surface area contributed by atoms with Crippen LogP contribution in [0, 0.1) is 0 Å². The molecule has 0 radical (unpaired) electrons. The van der Waals surface area contributed by atoms with Crippen LogP contribution in [0.5, 0.6) is 0 Å². The average Bonchev–Trinajstić information content (AvgIpc) is 2.89. The highest BCUT2D eigenvalue weighted by molar-refractivity contribution is 5.75. The number of fused-ring (bicyclic) bond motifs is 2. The molecule has 0 aromatic heterocycles. The van der Waals surface area contributed by atoms with Crippen LogP contribution in [-0.4, -0.2) is 48.3 Å². The molecule has 1 aromatic rings. The van der Waals surface area contributed by atoms with Gasteiger partial charge >= 0.3 is 0 Å². The van der Waals surface area contributed by atoms with Gasteiger partial charge in [0.1, 0.15) is 24.4 Å². The van der Waals surface area contributed by atoms with E-state index in [-0.39, 0.29) is 6.10 Å². The first-order chi connectivity index (χ1) is 10.2. The molecule has 0 spiro atoms. The normalized spacial score (nSPS) is 41.7. The van der Waals surface area contributed by atoms with E-state index in [1.807, 2.05) is 30.3 Å². The molecule has 1 aromatic carbocycles. The lowest BCUT2D eigenvalue weighted by Crippen LogP contribution is -2.60. The van der Waals surface area contributed by atoms with Crippen LogP contribution in [0.15, 0.2) is 35.3 Å². The minimum atomic E-state index is -0.763. The van der Waals surface area contributed by atoms with Crippen LogP contribution in [-0.2, 0) is 18.9 Å². The Bertz CT molecular complexity index is 548. The zero-order valence-corrected chi connectivity index (χ0v) is 11.6. The van der Waals surface area contributed by atoms with Crippen LogP contribution in [0.25, 0.3) is 0 Å². The minimum absolute atomic E-state index is 0.345. The van der Waals surface area contributed by atoms with E-state index in [2.05, 4.69) is 4.99 Å². The maximum atomic E-state index is 10.5. The number of nitrogens with zero attached hydrogens (tertiary/aromatic N) is 1. The summed E-state index contributed by atoms with van der Waals surface area (Å²) in [6.45, 7) is 2.11. The topological polar surface area (TPSA) is 69.5 Å². The Kier molecular flexibility index (Phi) is 3.19. The van der Waals surface area contributed by atoms with Gasteiger partial charge in [0.2, 0.25) is 6.29 Å². The van der Waals surface area contributed by atoms with Crippen molar-refractivity contribution in [2.24, 2.45) is 4.99 Å². The Morgan fingerprint density at radius 1 is 1.19 bits per heavy atom. The van der Waals surface area contributed by atoms with Gasteiger partial charge < -0.3 is 24.1 Å². The van der Waals surface area contributed by atoms with Crippen molar-refractivity contribution in [2.45, 2.75) is 43.9 Å². The predicted molar refractivity (Wildman–Crippen MR) is 72.7 cm³/mol. The third-order valence-corrected chi connectivity index (χ3v) is 4.02. The fourth-order valence-electron chi connectivity index (χ4n) is 3.00. The monoisotopic (exact) mass is 291 g/mol. The Morgan fingerprint density at radius 3 is 2.81 bits per heavy atom. The summed E-state index contributed by atoms with van der Waals surface area (Å²) in [6, 6.07) is 9.23. The predicted octanol–water partition coefficient (Wildman–Crippen LogP) is 1.00. The highest BCUT2D eigenvalue weighted by Gasteiger charge is 2.52. The molecule has 0 aliphatic carbocycles. The van der Waals surface area contributed by atoms with Gasteiger partial charge in [-0.05, 0) is 0 Å². The molecule has 3 aliphatic rings. The van der Waals surface area contributed by atoms with Gasteiger partial charge in [-0.1, -0.05) is 30.3 Å². The quantitative estimate of drug-likeness (QED) is 0.836. The summed E-state index contributed by atoms with van der Waals surface area (Å²) in [6.07, 6.45) is -2.61. The molecule has 1 N–H and O–H groups in total. The smallest absolute Gasteiger partial charge is 0.227 e. The standard InChI is InChI=1S/C15H17NO5/c1-8-16-11-12(17)13-10(20-15(11)19-8)7-18-14(21-13)9-5-3-2-4-6-9/h2-6,10-15,17H,7H2,1H3. The molecular formula is C15H17NO5. The van der Waals surface area contributed by atoms with Crippen molar-refractivity contribution in [3.8, 4) is 0 Å². The maximum absolute atomic E-state index is 10.5. The molecule has 112 valence electrons. The molecule has 6 unspecified atom stereocenters. The van der Waals surface area contributed by atoms with E-state index < -0.39 is 30.8 Å². The summed E-state index contributed by atoms with van der Waals surface area (Å²) in [7, 11) is 0. The Hall–Kier alpha value is -1.47. The van der Waals surface area contributed by atoms with Gasteiger partial charge in [-0.25, -0.2) is 4.99 Å². The summed E-state index contributed by atoms with van der Waals surface area (Å²) in [4.78, 5) is 4.28. The van der Waals surface area contributed by atoms with E-state index in [4.69, 9.17) is 18.9 Å². The molecular weight excluding hydrogens is 274 g/mol. The number of hydrogen-bond acceptors (Lipinski definition) is 6. The molecule has 0 amide bonds. The van der Waals surface area contributed by atoms with Crippen molar-refractivity contribution in [2.75, 3.05) is 6.61 Å². The number of hydrogen-bond donors (Lipinski definition) is 1. The number of aliphatic hydroxyl groups is 1. The van der Waals surface area contributed by atoms with Gasteiger partial charge in [-0.15, -0.1) is 0 Å². The SMILES string of the molecule is CC1=NC2C(O1)OC1COC(c3ccccc3)OC1C2O. The van der Waals surface area contributed by atoms with Gasteiger partial charge in [-0.3, -0.25) is 0 Å². The summed E-state index contributed by atoms with van der Waals surface area (Å²) in [5, 5.41) is 10.5. The van der Waals surface area contributed by atoms with Crippen molar-refractivity contribution >= 4 is 5.90 Å². The molecule has 6 nitrogen and oxygen atoms in total. The Balaban J connectivity index is 1.54. The Morgan fingerprint density at radius 2 is 2.00 bits per heavy atom. The highest BCUT2D eigenvalue weighted by atomic mass is 16.8. The van der Waals surface area contributed by atoms with Gasteiger partial charge in [0.05, 0.1) is 6.61 Å². The molecule has 4 rings (SSSR count). The van der Waals surface area contributed by atoms with E-state index in [9.17, 15) is 5.11 Å². The van der Waals surface area contributed by atoms with Crippen LogP contribution in [0.3, 0.4) is 0 Å². The lowest BCUT2D eigenvalue weighted by molar-refractivity contribution is -0.329. The fourth-order valence-corrected chi connectivity index (χ4v) is 3.00. The first-order valence-corrected chi connectivity index (χ1v) is 7.09. The zero-order valence-electron chi connectivity index (χ0n) is 11.6. The second-order valence-electron chi connectivity index (χ2n) is 5.47. The van der Waals surface area contributed by atoms with Crippen LogP contribution in [0.4, 0.5) is 0 Å². The van der Waals surface area contributed by atoms with Crippen LogP contribution in [0.1, 0.15) is 18.8 Å². The van der Waals surface area contributed by atoms with Gasteiger partial charge in [0.15, 0.2) is 12.2 Å². The first-order valence-electron chi connectivity index (χ1n) is 7.09. The number of benzene rings is 1. The molecule has 6 atom stereocenters. The van der Waals surface area contributed by atoms with Gasteiger partial charge in [0, 0.05) is 12.5 Å². The van der Waals surface area contributed by atoms with Crippen molar-refractivity contribution < 1.29 is 24.1 Å². The number of aliphatic imine (C=N–C) groups is 1. The fraction of sp³-hybridized carbons (Fsp3) is 0.533. The van der Waals surface area contributed by atoms with Gasteiger partial charge in [0.25, 0.3) is 0 Å². The molecule has 0 bridgehead atoms. The Labute approximate surface area is 122 Å². The summed E-state index contributed by atoms with van der Waals surface area (Å²) in [5.41, 5.74) is 0.924. The summed E-state index contributed by atoms with van der Waals surface area (Å²) < 4.78 is 22.9. The first kappa shape index (κ1) is 13.2. The van der Waals surface area contributed by atoms with Crippen LogP contribution < -0.4 is 0 Å². The second kappa shape index (κ2) is 5.06. The molecule has 2 fully saturated rings. The maximum Gasteiger partial charge on any atom is 0.227 e. The van der Waals surface area contributed by atoms with Crippen molar-refractivity contribution in [1.29, 1.82) is 0 Å². The van der Waals surface area contributed by atoms with Crippen LogP contribution >= 0.6 is 0 Å². The van der Waals surface area contributed by atoms with Crippen molar-refractivity contribution in [3.05, 3.63) is 35.9 Å². The van der Waals surface area contributed by atoms with E-state index in [0.717, 1.165) is 5.56 Å².